The van der Waals surface area contributed by atoms with Gasteiger partial charge in [-0.25, -0.2) is 14.3 Å². The van der Waals surface area contributed by atoms with Crippen molar-refractivity contribution in [3.05, 3.63) is 12.2 Å². The lowest BCUT2D eigenvalue weighted by molar-refractivity contribution is -0.563. The predicted molar refractivity (Wildman–Crippen MR) is 66.5 cm³/mol. The van der Waals surface area contributed by atoms with E-state index < -0.39 is 65.9 Å². The van der Waals surface area contributed by atoms with Gasteiger partial charge in [-0.1, -0.05) is 6.58 Å². The number of halogens is 13. The summed E-state index contributed by atoms with van der Waals surface area (Å²) in [4.78, 5) is 21.9. The molecule has 0 unspecified atom stereocenters. The fourth-order valence-electron chi connectivity index (χ4n) is 1.91. The summed E-state index contributed by atoms with van der Waals surface area (Å²) in [5, 5.41) is 0. The molecule has 1 aliphatic carbocycles. The van der Waals surface area contributed by atoms with Crippen LogP contribution < -0.4 is 0 Å². The van der Waals surface area contributed by atoms with E-state index in [1.807, 2.05) is 4.74 Å². The van der Waals surface area contributed by atoms with Gasteiger partial charge in [0.15, 0.2) is 6.61 Å². The van der Waals surface area contributed by atoms with Crippen molar-refractivity contribution in [2.45, 2.75) is 48.7 Å². The molecule has 1 aliphatic rings. The van der Waals surface area contributed by atoms with Gasteiger partial charge in [-0.15, -0.1) is 8.78 Å². The Balaban J connectivity index is 3.33. The van der Waals surface area contributed by atoms with E-state index in [1.54, 1.807) is 0 Å². The molecule has 18 heteroatoms. The van der Waals surface area contributed by atoms with Crippen LogP contribution in [0.3, 0.4) is 0 Å². The number of alkyl halides is 13. The summed E-state index contributed by atoms with van der Waals surface area (Å²) in [5.74, 6) is -50.2. The number of hydrogen-bond acceptors (Lipinski definition) is 5. The summed E-state index contributed by atoms with van der Waals surface area (Å²) < 4.78 is 182. The lowest BCUT2D eigenvalue weighted by atomic mass is 9.78. The summed E-state index contributed by atoms with van der Waals surface area (Å²) in [6, 6.07) is 0. The second kappa shape index (κ2) is 7.13. The molecular formula is C13H7F13O5. The standard InChI is InChI=1S/C13H7F13O5/c1-4(2)6(28)29-3-5(27)30-13(25,26)31-12(24)10(20,21)8(16,17)7(14,15)9(18,19)11(12,22)23/h1,3H2,2H3. The molecule has 0 aromatic heterocycles. The molecule has 0 saturated heterocycles. The van der Waals surface area contributed by atoms with Gasteiger partial charge >= 0.3 is 53.7 Å². The highest BCUT2D eigenvalue weighted by molar-refractivity contribution is 5.88. The van der Waals surface area contributed by atoms with Crippen molar-refractivity contribution >= 4 is 11.9 Å². The van der Waals surface area contributed by atoms with Crippen LogP contribution in [0.5, 0.6) is 0 Å². The second-order valence-electron chi connectivity index (χ2n) is 5.86. The van der Waals surface area contributed by atoms with Crippen LogP contribution in [-0.2, 0) is 23.8 Å². The van der Waals surface area contributed by atoms with Gasteiger partial charge in [-0.2, -0.15) is 48.3 Å². The van der Waals surface area contributed by atoms with Gasteiger partial charge in [0, 0.05) is 5.57 Å². The third-order valence-electron chi connectivity index (χ3n) is 3.55. The van der Waals surface area contributed by atoms with E-state index in [9.17, 15) is 66.7 Å². The summed E-state index contributed by atoms with van der Waals surface area (Å²) in [5.41, 5.74) is -0.453. The van der Waals surface area contributed by atoms with Crippen LogP contribution >= 0.6 is 0 Å². The van der Waals surface area contributed by atoms with Crippen LogP contribution in [0, 0.1) is 0 Å². The average Bonchev–Trinajstić information content (AvgIpc) is 2.56. The summed E-state index contributed by atoms with van der Waals surface area (Å²) in [6.45, 7) is 2.03. The Morgan fingerprint density at radius 2 is 1.13 bits per heavy atom. The second-order valence-corrected chi connectivity index (χ2v) is 5.86. The monoisotopic (exact) mass is 490 g/mol. The Morgan fingerprint density at radius 3 is 1.48 bits per heavy atom. The number of carbonyl (C=O) groups excluding carboxylic acids is 2. The van der Waals surface area contributed by atoms with Crippen molar-refractivity contribution in [1.82, 2.24) is 0 Å². The highest BCUT2D eigenvalue weighted by Crippen LogP contribution is 2.70. The van der Waals surface area contributed by atoms with Crippen LogP contribution in [0.15, 0.2) is 12.2 Å². The number of rotatable bonds is 6. The van der Waals surface area contributed by atoms with E-state index in [1.165, 1.54) is 0 Å². The van der Waals surface area contributed by atoms with Gasteiger partial charge < -0.3 is 9.47 Å². The van der Waals surface area contributed by atoms with E-state index in [2.05, 4.69) is 16.1 Å². The van der Waals surface area contributed by atoms with Gasteiger partial charge in [0.1, 0.15) is 0 Å². The van der Waals surface area contributed by atoms with E-state index in [0.717, 1.165) is 6.92 Å². The molecule has 180 valence electrons. The normalized spacial score (nSPS) is 24.7. The van der Waals surface area contributed by atoms with Crippen molar-refractivity contribution in [3.63, 3.8) is 0 Å². The van der Waals surface area contributed by atoms with Crippen molar-refractivity contribution in [2.75, 3.05) is 6.61 Å². The molecule has 31 heavy (non-hydrogen) atoms. The van der Waals surface area contributed by atoms with Crippen LogP contribution in [0.25, 0.3) is 0 Å². The average molecular weight is 490 g/mol. The molecule has 0 atom stereocenters. The maximum absolute atomic E-state index is 14.0. The molecule has 0 spiro atoms. The Morgan fingerprint density at radius 1 is 0.774 bits per heavy atom. The first-order valence-electron chi connectivity index (χ1n) is 7.13. The zero-order valence-corrected chi connectivity index (χ0v) is 14.4. The summed E-state index contributed by atoms with van der Waals surface area (Å²) >= 11 is 0. The van der Waals surface area contributed by atoms with Crippen molar-refractivity contribution in [1.29, 1.82) is 0 Å². The topological polar surface area (TPSA) is 61.8 Å². The molecular weight excluding hydrogens is 483 g/mol. The highest BCUT2D eigenvalue weighted by Gasteiger charge is 3.03. The predicted octanol–water partition coefficient (Wildman–Crippen LogP) is 4.07. The Bertz CT molecular complexity index is 746. The molecule has 0 aliphatic heterocycles. The lowest BCUT2D eigenvalue weighted by Crippen LogP contribution is -2.84. The van der Waals surface area contributed by atoms with Crippen LogP contribution in [0.2, 0.25) is 0 Å². The van der Waals surface area contributed by atoms with Crippen LogP contribution in [0.4, 0.5) is 57.1 Å². The first-order valence-corrected chi connectivity index (χ1v) is 7.13. The maximum atomic E-state index is 14.0. The van der Waals surface area contributed by atoms with Gasteiger partial charge in [-0.05, 0) is 6.92 Å². The SMILES string of the molecule is C=C(C)C(=O)OCC(=O)OC(F)(F)OC1(F)C(F)(F)C(F)(F)C(F)(F)C(F)(F)C1(F)F. The minimum Gasteiger partial charge on any atom is -0.450 e. The molecule has 1 fully saturated rings. The van der Waals surface area contributed by atoms with Gasteiger partial charge in [0.05, 0.1) is 0 Å². The number of hydrogen-bond donors (Lipinski definition) is 0. The molecule has 0 amide bonds. The highest BCUT2D eigenvalue weighted by atomic mass is 19.4. The summed E-state index contributed by atoms with van der Waals surface area (Å²) in [7, 11) is 0. The number of carbonyl (C=O) groups is 2. The Kier molecular flexibility index (Phi) is 6.15. The Hall–Kier alpha value is -2.27. The minimum atomic E-state index is -7.74. The first kappa shape index (κ1) is 26.8. The molecule has 0 heterocycles. The largest absolute Gasteiger partial charge is 0.540 e. The van der Waals surface area contributed by atoms with E-state index in [4.69, 9.17) is 0 Å². The van der Waals surface area contributed by atoms with Crippen LogP contribution in [-0.4, -0.2) is 60.3 Å². The quantitative estimate of drug-likeness (QED) is 0.243. The summed E-state index contributed by atoms with van der Waals surface area (Å²) in [6.07, 6.45) is -6.47. The fourth-order valence-corrected chi connectivity index (χ4v) is 1.91. The smallest absolute Gasteiger partial charge is 0.450 e. The van der Waals surface area contributed by atoms with Gasteiger partial charge in [0.25, 0.3) is 0 Å². The number of esters is 2. The maximum Gasteiger partial charge on any atom is 0.540 e. The van der Waals surface area contributed by atoms with Crippen molar-refractivity contribution < 1.29 is 80.9 Å². The first-order chi connectivity index (χ1) is 13.4. The Labute approximate surface area is 161 Å². The van der Waals surface area contributed by atoms with Crippen LogP contribution in [0.1, 0.15) is 6.92 Å². The molecule has 0 radical (unpaired) electrons. The molecule has 1 saturated carbocycles. The van der Waals surface area contributed by atoms with Crippen molar-refractivity contribution in [3.8, 4) is 0 Å². The van der Waals surface area contributed by atoms with Crippen molar-refractivity contribution in [2.24, 2.45) is 0 Å². The number of ether oxygens (including phenoxy) is 3. The van der Waals surface area contributed by atoms with E-state index >= 15 is 0 Å². The fraction of sp³-hybridized carbons (Fsp3) is 0.692. The molecule has 0 aromatic rings. The third kappa shape index (κ3) is 3.57. The van der Waals surface area contributed by atoms with E-state index in [-0.39, 0.29) is 0 Å². The van der Waals surface area contributed by atoms with E-state index in [0.29, 0.717) is 0 Å². The zero-order chi connectivity index (χ0) is 25.1. The molecule has 1 rings (SSSR count). The molecule has 5 nitrogen and oxygen atoms in total. The molecule has 0 N–H and O–H groups in total. The lowest BCUT2D eigenvalue weighted by Gasteiger charge is -2.51. The minimum absolute atomic E-state index is 0.453. The molecule has 0 aromatic carbocycles. The third-order valence-corrected chi connectivity index (χ3v) is 3.55. The zero-order valence-electron chi connectivity index (χ0n) is 14.4. The van der Waals surface area contributed by atoms with Gasteiger partial charge in [-0.3, -0.25) is 0 Å². The molecule has 0 bridgehead atoms. The van der Waals surface area contributed by atoms with Gasteiger partial charge in [0.2, 0.25) is 0 Å².